The van der Waals surface area contributed by atoms with Crippen molar-refractivity contribution in [1.82, 2.24) is 5.32 Å². The Bertz CT molecular complexity index is 521. The molecule has 2 aromatic heterocycles. The molecule has 0 spiro atoms. The maximum absolute atomic E-state index is 10.7. The summed E-state index contributed by atoms with van der Waals surface area (Å²) < 4.78 is 10.6. The van der Waals surface area contributed by atoms with E-state index in [2.05, 4.69) is 5.32 Å². The highest BCUT2D eigenvalue weighted by atomic mass is 32.1. The molecule has 0 amide bonds. The molecule has 0 saturated carbocycles. The third-order valence-corrected chi connectivity index (χ3v) is 3.60. The number of hydrogen-bond donors (Lipinski definition) is 2. The van der Waals surface area contributed by atoms with Crippen LogP contribution in [0.3, 0.4) is 0 Å². The Balaban J connectivity index is 1.52. The number of thiophene rings is 1. The molecule has 108 valence electrons. The van der Waals surface area contributed by atoms with Crippen molar-refractivity contribution in [3.63, 3.8) is 0 Å². The molecule has 2 rings (SSSR count). The van der Waals surface area contributed by atoms with Gasteiger partial charge in [-0.25, -0.2) is 4.79 Å². The standard InChI is InChI=1S/C14H17NO4S/c16-14(17)11-7-13(20-10-11)8-15-4-2-5-18-9-12-3-1-6-19-12/h1,3,6-7,10,15H,2,4-5,8-9H2,(H,16,17). The number of nitrogens with one attached hydrogen (secondary N) is 1. The molecule has 0 fully saturated rings. The van der Waals surface area contributed by atoms with Crippen molar-refractivity contribution in [2.75, 3.05) is 13.2 Å². The van der Waals surface area contributed by atoms with Crippen molar-refractivity contribution in [1.29, 1.82) is 0 Å². The summed E-state index contributed by atoms with van der Waals surface area (Å²) in [6, 6.07) is 5.43. The van der Waals surface area contributed by atoms with Gasteiger partial charge in [0.25, 0.3) is 0 Å². The molecular formula is C14H17NO4S. The van der Waals surface area contributed by atoms with Crippen molar-refractivity contribution < 1.29 is 19.1 Å². The minimum Gasteiger partial charge on any atom is -0.478 e. The first-order chi connectivity index (χ1) is 9.75. The average molecular weight is 295 g/mol. The number of furan rings is 1. The van der Waals surface area contributed by atoms with Crippen molar-refractivity contribution >= 4 is 17.3 Å². The van der Waals surface area contributed by atoms with Gasteiger partial charge in [-0.15, -0.1) is 11.3 Å². The maximum atomic E-state index is 10.7. The van der Waals surface area contributed by atoms with Gasteiger partial charge in [-0.2, -0.15) is 0 Å². The molecule has 2 heterocycles. The van der Waals surface area contributed by atoms with Crippen LogP contribution < -0.4 is 5.32 Å². The zero-order chi connectivity index (χ0) is 14.2. The normalized spacial score (nSPS) is 10.8. The molecule has 0 radical (unpaired) electrons. The Hall–Kier alpha value is -1.63. The van der Waals surface area contributed by atoms with Gasteiger partial charge >= 0.3 is 5.97 Å². The SMILES string of the molecule is O=C(O)c1csc(CNCCCOCc2ccco2)c1. The first-order valence-corrected chi connectivity index (χ1v) is 7.25. The molecule has 0 aliphatic heterocycles. The molecule has 0 aliphatic carbocycles. The highest BCUT2D eigenvalue weighted by Gasteiger charge is 2.05. The van der Waals surface area contributed by atoms with Gasteiger partial charge in [-0.3, -0.25) is 0 Å². The second-order valence-electron chi connectivity index (χ2n) is 4.27. The van der Waals surface area contributed by atoms with Crippen LogP contribution in [0.4, 0.5) is 0 Å². The summed E-state index contributed by atoms with van der Waals surface area (Å²) in [4.78, 5) is 11.7. The summed E-state index contributed by atoms with van der Waals surface area (Å²) >= 11 is 1.46. The Labute approximate surface area is 121 Å². The van der Waals surface area contributed by atoms with Crippen molar-refractivity contribution in [2.24, 2.45) is 0 Å². The van der Waals surface area contributed by atoms with E-state index in [1.807, 2.05) is 12.1 Å². The van der Waals surface area contributed by atoms with E-state index in [1.54, 1.807) is 17.7 Å². The van der Waals surface area contributed by atoms with Crippen LogP contribution >= 0.6 is 11.3 Å². The Morgan fingerprint density at radius 1 is 1.50 bits per heavy atom. The van der Waals surface area contributed by atoms with E-state index in [-0.39, 0.29) is 0 Å². The van der Waals surface area contributed by atoms with E-state index in [0.717, 1.165) is 23.6 Å². The molecule has 0 aliphatic rings. The number of carboxylic acid groups (broad SMARTS) is 1. The number of ether oxygens (including phenoxy) is 1. The second kappa shape index (κ2) is 7.84. The van der Waals surface area contributed by atoms with Crippen LogP contribution in [-0.2, 0) is 17.9 Å². The van der Waals surface area contributed by atoms with E-state index in [4.69, 9.17) is 14.3 Å². The number of carboxylic acids is 1. The highest BCUT2D eigenvalue weighted by Crippen LogP contribution is 2.14. The summed E-state index contributed by atoms with van der Waals surface area (Å²) in [5.74, 6) is -0.0448. The average Bonchev–Trinajstić information content (AvgIpc) is 3.08. The molecule has 2 N–H and O–H groups in total. The van der Waals surface area contributed by atoms with Gasteiger partial charge in [0.1, 0.15) is 12.4 Å². The van der Waals surface area contributed by atoms with E-state index in [9.17, 15) is 4.79 Å². The van der Waals surface area contributed by atoms with Gasteiger partial charge in [0.15, 0.2) is 0 Å². The first-order valence-electron chi connectivity index (χ1n) is 6.37. The molecule has 2 aromatic rings. The number of aromatic carboxylic acids is 1. The third kappa shape index (κ3) is 4.80. The molecule has 0 bridgehead atoms. The molecule has 0 saturated heterocycles. The fraction of sp³-hybridized carbons (Fsp3) is 0.357. The Morgan fingerprint density at radius 3 is 3.10 bits per heavy atom. The zero-order valence-electron chi connectivity index (χ0n) is 11.0. The molecule has 0 atom stereocenters. The third-order valence-electron chi connectivity index (χ3n) is 2.67. The highest BCUT2D eigenvalue weighted by molar-refractivity contribution is 7.10. The molecule has 6 heteroatoms. The van der Waals surface area contributed by atoms with Gasteiger partial charge in [-0.1, -0.05) is 0 Å². The van der Waals surface area contributed by atoms with Gasteiger partial charge in [-0.05, 0) is 31.2 Å². The van der Waals surface area contributed by atoms with E-state index < -0.39 is 5.97 Å². The summed E-state index contributed by atoms with van der Waals surface area (Å²) in [6.45, 7) is 2.69. The lowest BCUT2D eigenvalue weighted by Gasteiger charge is -2.04. The quantitative estimate of drug-likeness (QED) is 0.696. The van der Waals surface area contributed by atoms with Crippen LogP contribution in [0.1, 0.15) is 27.4 Å². The van der Waals surface area contributed by atoms with Crippen LogP contribution in [-0.4, -0.2) is 24.2 Å². The summed E-state index contributed by atoms with van der Waals surface area (Å²) in [5, 5.41) is 13.7. The molecule has 0 unspecified atom stereocenters. The predicted molar refractivity (Wildman–Crippen MR) is 76.0 cm³/mol. The lowest BCUT2D eigenvalue weighted by molar-refractivity contribution is 0.0697. The van der Waals surface area contributed by atoms with Crippen LogP contribution in [0.15, 0.2) is 34.3 Å². The lowest BCUT2D eigenvalue weighted by Crippen LogP contribution is -2.15. The maximum Gasteiger partial charge on any atom is 0.336 e. The number of carbonyl (C=O) groups is 1. The molecular weight excluding hydrogens is 278 g/mol. The fourth-order valence-corrected chi connectivity index (χ4v) is 2.49. The molecule has 0 aromatic carbocycles. The van der Waals surface area contributed by atoms with E-state index in [0.29, 0.717) is 25.3 Å². The van der Waals surface area contributed by atoms with E-state index >= 15 is 0 Å². The zero-order valence-corrected chi connectivity index (χ0v) is 11.8. The van der Waals surface area contributed by atoms with Gasteiger partial charge in [0.2, 0.25) is 0 Å². The minimum atomic E-state index is -0.876. The molecule has 5 nitrogen and oxygen atoms in total. The first kappa shape index (κ1) is 14.8. The Morgan fingerprint density at radius 2 is 2.40 bits per heavy atom. The summed E-state index contributed by atoms with van der Waals surface area (Å²) in [5.41, 5.74) is 0.355. The smallest absolute Gasteiger partial charge is 0.336 e. The van der Waals surface area contributed by atoms with Crippen LogP contribution in [0.2, 0.25) is 0 Å². The molecule has 20 heavy (non-hydrogen) atoms. The minimum absolute atomic E-state index is 0.355. The van der Waals surface area contributed by atoms with Crippen LogP contribution in [0.25, 0.3) is 0 Å². The van der Waals surface area contributed by atoms with Gasteiger partial charge in [0, 0.05) is 23.4 Å². The van der Waals surface area contributed by atoms with Gasteiger partial charge < -0.3 is 19.6 Å². The number of hydrogen-bond acceptors (Lipinski definition) is 5. The van der Waals surface area contributed by atoms with Crippen LogP contribution in [0.5, 0.6) is 0 Å². The number of rotatable bonds is 9. The van der Waals surface area contributed by atoms with Crippen molar-refractivity contribution in [3.05, 3.63) is 46.0 Å². The topological polar surface area (TPSA) is 71.7 Å². The van der Waals surface area contributed by atoms with Gasteiger partial charge in [0.05, 0.1) is 11.8 Å². The van der Waals surface area contributed by atoms with Crippen molar-refractivity contribution in [2.45, 2.75) is 19.6 Å². The second-order valence-corrected chi connectivity index (χ2v) is 5.26. The summed E-state index contributed by atoms with van der Waals surface area (Å²) in [6.07, 6.45) is 2.53. The fourth-order valence-electron chi connectivity index (χ4n) is 1.66. The predicted octanol–water partition coefficient (Wildman–Crippen LogP) is 2.74. The summed E-state index contributed by atoms with van der Waals surface area (Å²) in [7, 11) is 0. The Kier molecular flexibility index (Phi) is 5.79. The van der Waals surface area contributed by atoms with E-state index in [1.165, 1.54) is 11.3 Å². The lowest BCUT2D eigenvalue weighted by atomic mass is 10.3. The van der Waals surface area contributed by atoms with Crippen molar-refractivity contribution in [3.8, 4) is 0 Å². The van der Waals surface area contributed by atoms with Crippen LogP contribution in [0, 0.1) is 0 Å². The monoisotopic (exact) mass is 295 g/mol. The largest absolute Gasteiger partial charge is 0.478 e.